The van der Waals surface area contributed by atoms with Gasteiger partial charge >= 0.3 is 0 Å². The van der Waals surface area contributed by atoms with E-state index in [4.69, 9.17) is 9.15 Å². The van der Waals surface area contributed by atoms with Crippen molar-refractivity contribution >= 4 is 22.8 Å². The zero-order chi connectivity index (χ0) is 17.1. The maximum atomic E-state index is 12.4. The van der Waals surface area contributed by atoms with Gasteiger partial charge in [-0.05, 0) is 19.1 Å². The zero-order valence-electron chi connectivity index (χ0n) is 14.0. The number of carbonyl (C=O) groups is 2. The van der Waals surface area contributed by atoms with E-state index in [0.717, 1.165) is 11.0 Å². The van der Waals surface area contributed by atoms with Crippen LogP contribution in [-0.4, -0.2) is 43.5 Å². The molecule has 2 amide bonds. The van der Waals surface area contributed by atoms with E-state index < -0.39 is 0 Å². The predicted octanol–water partition coefficient (Wildman–Crippen LogP) is 2.10. The summed E-state index contributed by atoms with van der Waals surface area (Å²) in [6.45, 7) is 3.34. The van der Waals surface area contributed by atoms with Crippen molar-refractivity contribution in [3.63, 3.8) is 0 Å². The van der Waals surface area contributed by atoms with Crippen molar-refractivity contribution in [2.45, 2.75) is 19.4 Å². The molecule has 2 atom stereocenters. The Kier molecular flexibility index (Phi) is 4.85. The number of methoxy groups -OCH3 is 1. The van der Waals surface area contributed by atoms with Crippen LogP contribution in [0.15, 0.2) is 34.7 Å². The van der Waals surface area contributed by atoms with Crippen LogP contribution >= 0.6 is 0 Å². The summed E-state index contributed by atoms with van der Waals surface area (Å²) >= 11 is 0. The highest BCUT2D eigenvalue weighted by atomic mass is 16.5. The van der Waals surface area contributed by atoms with Crippen molar-refractivity contribution < 1.29 is 18.7 Å². The van der Waals surface area contributed by atoms with Gasteiger partial charge in [0.1, 0.15) is 11.3 Å². The molecule has 1 aliphatic heterocycles. The van der Waals surface area contributed by atoms with Crippen molar-refractivity contribution in [2.24, 2.45) is 5.92 Å². The summed E-state index contributed by atoms with van der Waals surface area (Å²) in [7, 11) is 1.60. The molecule has 0 aliphatic carbocycles. The van der Waals surface area contributed by atoms with E-state index in [1.807, 2.05) is 37.3 Å². The van der Waals surface area contributed by atoms with E-state index in [9.17, 15) is 9.59 Å². The van der Waals surface area contributed by atoms with Crippen LogP contribution in [0.3, 0.4) is 0 Å². The highest BCUT2D eigenvalue weighted by molar-refractivity contribution is 5.89. The molecular weight excluding hydrogens is 308 g/mol. The number of likely N-dealkylation sites (tertiary alicyclic amines) is 1. The van der Waals surface area contributed by atoms with E-state index >= 15 is 0 Å². The summed E-state index contributed by atoms with van der Waals surface area (Å²) in [5.74, 6) is 0.283. The number of hydrogen-bond donors (Lipinski definition) is 1. The molecule has 0 radical (unpaired) electrons. The molecule has 6 nitrogen and oxygen atoms in total. The van der Waals surface area contributed by atoms with Gasteiger partial charge in [0.15, 0.2) is 0 Å². The molecule has 24 heavy (non-hydrogen) atoms. The van der Waals surface area contributed by atoms with Crippen LogP contribution in [0.1, 0.15) is 25.1 Å². The van der Waals surface area contributed by atoms with Gasteiger partial charge in [-0.15, -0.1) is 0 Å². The lowest BCUT2D eigenvalue weighted by Gasteiger charge is -2.17. The van der Waals surface area contributed by atoms with E-state index in [0.29, 0.717) is 25.5 Å². The normalized spacial score (nSPS) is 19.0. The Balaban J connectivity index is 1.61. The number of nitrogens with zero attached hydrogens (tertiary/aromatic N) is 1. The molecule has 2 heterocycles. The fourth-order valence-electron chi connectivity index (χ4n) is 2.98. The molecule has 1 aromatic heterocycles. The standard InChI is InChI=1S/C18H22N2O4/c1-12(16-9-13-5-3-4-6-15(13)24-16)19-18(22)14-10-17(21)20(11-14)7-8-23-2/h3-6,9,12,14H,7-8,10-11H2,1-2H3,(H,19,22)/t12-,14-/m0/s1. The number of fused-ring (bicyclic) bond motifs is 1. The number of nitrogens with one attached hydrogen (secondary N) is 1. The van der Waals surface area contributed by atoms with Gasteiger partial charge < -0.3 is 19.4 Å². The predicted molar refractivity (Wildman–Crippen MR) is 89.3 cm³/mol. The highest BCUT2D eigenvalue weighted by Gasteiger charge is 2.34. The number of ether oxygens (including phenoxy) is 1. The first-order valence-electron chi connectivity index (χ1n) is 8.14. The lowest BCUT2D eigenvalue weighted by atomic mass is 10.1. The molecule has 0 saturated carbocycles. The Morgan fingerprint density at radius 2 is 2.25 bits per heavy atom. The SMILES string of the molecule is COCCN1C[C@@H](C(=O)N[C@@H](C)c2cc3ccccc3o2)CC1=O. The lowest BCUT2D eigenvalue weighted by Crippen LogP contribution is -2.35. The number of para-hydroxylation sites is 1. The van der Waals surface area contributed by atoms with Gasteiger partial charge in [-0.2, -0.15) is 0 Å². The quantitative estimate of drug-likeness (QED) is 0.880. The second-order valence-corrected chi connectivity index (χ2v) is 6.15. The topological polar surface area (TPSA) is 71.8 Å². The minimum absolute atomic E-state index is 0.00332. The van der Waals surface area contributed by atoms with Gasteiger partial charge in [0.05, 0.1) is 18.6 Å². The number of amides is 2. The first-order chi connectivity index (χ1) is 11.6. The third-order valence-corrected chi connectivity index (χ3v) is 4.38. The minimum Gasteiger partial charge on any atom is -0.459 e. The summed E-state index contributed by atoms with van der Waals surface area (Å²) in [4.78, 5) is 26.1. The summed E-state index contributed by atoms with van der Waals surface area (Å²) in [5, 5.41) is 3.96. The van der Waals surface area contributed by atoms with E-state index in [1.54, 1.807) is 12.0 Å². The number of furan rings is 1. The molecule has 1 fully saturated rings. The molecule has 1 N–H and O–H groups in total. The van der Waals surface area contributed by atoms with Crippen molar-refractivity contribution in [3.05, 3.63) is 36.1 Å². The molecule has 6 heteroatoms. The van der Waals surface area contributed by atoms with Crippen LogP contribution in [0.5, 0.6) is 0 Å². The van der Waals surface area contributed by atoms with Gasteiger partial charge in [-0.1, -0.05) is 18.2 Å². The van der Waals surface area contributed by atoms with Crippen molar-refractivity contribution in [3.8, 4) is 0 Å². The van der Waals surface area contributed by atoms with Gasteiger partial charge in [-0.3, -0.25) is 9.59 Å². The van der Waals surface area contributed by atoms with Crippen LogP contribution in [-0.2, 0) is 14.3 Å². The average molecular weight is 330 g/mol. The molecule has 0 bridgehead atoms. The van der Waals surface area contributed by atoms with E-state index in [1.165, 1.54) is 0 Å². The number of benzene rings is 1. The fraction of sp³-hybridized carbons (Fsp3) is 0.444. The van der Waals surface area contributed by atoms with Gasteiger partial charge in [0, 0.05) is 32.0 Å². The second kappa shape index (κ2) is 7.05. The molecule has 0 unspecified atom stereocenters. The Bertz CT molecular complexity index is 706. The third-order valence-electron chi connectivity index (χ3n) is 4.38. The van der Waals surface area contributed by atoms with Crippen LogP contribution in [0.4, 0.5) is 0 Å². The summed E-state index contributed by atoms with van der Waals surface area (Å²) in [5.41, 5.74) is 0.801. The van der Waals surface area contributed by atoms with Gasteiger partial charge in [-0.25, -0.2) is 0 Å². The Morgan fingerprint density at radius 3 is 3.00 bits per heavy atom. The van der Waals surface area contributed by atoms with Crippen molar-refractivity contribution in [2.75, 3.05) is 26.8 Å². The molecular formula is C18H22N2O4. The Hall–Kier alpha value is -2.34. The van der Waals surface area contributed by atoms with Crippen LogP contribution < -0.4 is 5.32 Å². The summed E-state index contributed by atoms with van der Waals surface area (Å²) < 4.78 is 10.8. The molecule has 1 aromatic carbocycles. The summed E-state index contributed by atoms with van der Waals surface area (Å²) in [6.07, 6.45) is 0.252. The van der Waals surface area contributed by atoms with Crippen LogP contribution in [0, 0.1) is 5.92 Å². The molecule has 1 aliphatic rings. The molecule has 3 rings (SSSR count). The van der Waals surface area contributed by atoms with Gasteiger partial charge in [0.25, 0.3) is 0 Å². The minimum atomic E-state index is -0.318. The van der Waals surface area contributed by atoms with Crippen LogP contribution in [0.25, 0.3) is 11.0 Å². The first-order valence-corrected chi connectivity index (χ1v) is 8.14. The maximum Gasteiger partial charge on any atom is 0.226 e. The summed E-state index contributed by atoms with van der Waals surface area (Å²) in [6, 6.07) is 9.43. The lowest BCUT2D eigenvalue weighted by molar-refractivity contribution is -0.129. The van der Waals surface area contributed by atoms with E-state index in [-0.39, 0.29) is 30.2 Å². The first kappa shape index (κ1) is 16.5. The van der Waals surface area contributed by atoms with Crippen LogP contribution in [0.2, 0.25) is 0 Å². The van der Waals surface area contributed by atoms with Crippen molar-refractivity contribution in [1.29, 1.82) is 0 Å². The maximum absolute atomic E-state index is 12.4. The van der Waals surface area contributed by atoms with E-state index in [2.05, 4.69) is 5.32 Å². The van der Waals surface area contributed by atoms with Gasteiger partial charge in [0.2, 0.25) is 11.8 Å². The largest absolute Gasteiger partial charge is 0.459 e. The Labute approximate surface area is 140 Å². The number of hydrogen-bond acceptors (Lipinski definition) is 4. The fourth-order valence-corrected chi connectivity index (χ4v) is 2.98. The Morgan fingerprint density at radius 1 is 1.46 bits per heavy atom. The second-order valence-electron chi connectivity index (χ2n) is 6.15. The highest BCUT2D eigenvalue weighted by Crippen LogP contribution is 2.25. The smallest absolute Gasteiger partial charge is 0.226 e. The third kappa shape index (κ3) is 3.43. The molecule has 128 valence electrons. The number of rotatable bonds is 6. The number of carbonyl (C=O) groups excluding carboxylic acids is 2. The van der Waals surface area contributed by atoms with Crippen molar-refractivity contribution in [1.82, 2.24) is 10.2 Å². The molecule has 1 saturated heterocycles. The average Bonchev–Trinajstić information content (AvgIpc) is 3.16. The molecule has 2 aromatic rings. The zero-order valence-corrected chi connectivity index (χ0v) is 14.0. The molecule has 0 spiro atoms. The monoisotopic (exact) mass is 330 g/mol.